The SMILES string of the molecule is Cc1cc([N+](=O)[O-])c(Cl)cc1[NH]. The van der Waals surface area contributed by atoms with Crippen LogP contribution in [0.2, 0.25) is 5.02 Å². The van der Waals surface area contributed by atoms with Crippen molar-refractivity contribution in [2.45, 2.75) is 6.92 Å². The third kappa shape index (κ3) is 1.48. The molecule has 0 aliphatic carbocycles. The Balaban J connectivity index is 3.33. The second-order valence-corrected chi connectivity index (χ2v) is 2.78. The average Bonchev–Trinajstić information content (AvgIpc) is 1.96. The zero-order valence-electron chi connectivity index (χ0n) is 6.30. The number of nitrogens with one attached hydrogen (secondary N) is 1. The van der Waals surface area contributed by atoms with Gasteiger partial charge in [0.2, 0.25) is 0 Å². The summed E-state index contributed by atoms with van der Waals surface area (Å²) < 4.78 is 0. The Bertz CT molecular complexity index is 338. The van der Waals surface area contributed by atoms with E-state index < -0.39 is 4.92 Å². The molecule has 0 aromatic heterocycles. The number of nitro benzene ring substituents is 1. The number of hydrogen-bond donors (Lipinski definition) is 0. The van der Waals surface area contributed by atoms with Crippen LogP contribution < -0.4 is 5.73 Å². The number of nitro groups is 1. The van der Waals surface area contributed by atoms with Crippen LogP contribution in [0, 0.1) is 17.0 Å². The van der Waals surface area contributed by atoms with Crippen LogP contribution in [0.5, 0.6) is 0 Å². The van der Waals surface area contributed by atoms with E-state index in [1.54, 1.807) is 6.92 Å². The molecule has 0 bridgehead atoms. The summed E-state index contributed by atoms with van der Waals surface area (Å²) in [6.45, 7) is 1.63. The lowest BCUT2D eigenvalue weighted by Crippen LogP contribution is -1.90. The first-order valence-electron chi connectivity index (χ1n) is 3.18. The van der Waals surface area contributed by atoms with Gasteiger partial charge in [-0.2, -0.15) is 0 Å². The molecular weight excluding hydrogens is 180 g/mol. The minimum Gasteiger partial charge on any atom is -0.301 e. The fourth-order valence-electron chi connectivity index (χ4n) is 0.806. The van der Waals surface area contributed by atoms with Crippen LogP contribution in [-0.2, 0) is 0 Å². The van der Waals surface area contributed by atoms with E-state index in [0.29, 0.717) is 5.56 Å². The second kappa shape index (κ2) is 2.98. The van der Waals surface area contributed by atoms with Crippen LogP contribution in [-0.4, -0.2) is 4.92 Å². The Morgan fingerprint density at radius 2 is 2.17 bits per heavy atom. The molecule has 1 N–H and O–H groups in total. The first kappa shape index (κ1) is 8.80. The fraction of sp³-hybridized carbons (Fsp3) is 0.143. The highest BCUT2D eigenvalue weighted by atomic mass is 35.5. The van der Waals surface area contributed by atoms with Gasteiger partial charge in [0.05, 0.1) is 10.6 Å². The minimum atomic E-state index is -0.561. The van der Waals surface area contributed by atoms with Gasteiger partial charge in [-0.1, -0.05) is 11.6 Å². The zero-order valence-corrected chi connectivity index (χ0v) is 7.05. The summed E-state index contributed by atoms with van der Waals surface area (Å²) in [7, 11) is 0. The average molecular weight is 186 g/mol. The Morgan fingerprint density at radius 1 is 1.58 bits per heavy atom. The smallest absolute Gasteiger partial charge is 0.288 e. The van der Waals surface area contributed by atoms with Crippen LogP contribution >= 0.6 is 11.6 Å². The molecule has 4 nitrogen and oxygen atoms in total. The van der Waals surface area contributed by atoms with Gasteiger partial charge in [0.15, 0.2) is 0 Å². The maximum Gasteiger partial charge on any atom is 0.288 e. The van der Waals surface area contributed by atoms with Crippen LogP contribution in [0.1, 0.15) is 5.56 Å². The van der Waals surface area contributed by atoms with Crippen molar-refractivity contribution >= 4 is 23.0 Å². The molecule has 5 heteroatoms. The Kier molecular flexibility index (Phi) is 2.19. The van der Waals surface area contributed by atoms with Gasteiger partial charge in [-0.05, 0) is 18.6 Å². The standard InChI is InChI=1S/C7H6ClN2O2/c1-4-2-7(10(11)12)5(8)3-6(4)9/h2-3,9H,1H3. The predicted octanol–water partition coefficient (Wildman–Crippen LogP) is 2.47. The highest BCUT2D eigenvalue weighted by Crippen LogP contribution is 2.29. The van der Waals surface area contributed by atoms with Crippen molar-refractivity contribution in [3.8, 4) is 0 Å². The number of benzene rings is 1. The van der Waals surface area contributed by atoms with Gasteiger partial charge in [0.1, 0.15) is 5.02 Å². The highest BCUT2D eigenvalue weighted by Gasteiger charge is 2.13. The normalized spacial score (nSPS) is 9.83. The maximum atomic E-state index is 10.3. The summed E-state index contributed by atoms with van der Waals surface area (Å²) in [5.74, 6) is 0. The van der Waals surface area contributed by atoms with E-state index in [2.05, 4.69) is 0 Å². The van der Waals surface area contributed by atoms with Crippen LogP contribution in [0.4, 0.5) is 11.4 Å². The Morgan fingerprint density at radius 3 is 2.67 bits per heavy atom. The Hall–Kier alpha value is -1.29. The fourth-order valence-corrected chi connectivity index (χ4v) is 1.04. The van der Waals surface area contributed by atoms with Gasteiger partial charge in [-0.15, -0.1) is 0 Å². The molecule has 0 spiro atoms. The van der Waals surface area contributed by atoms with Crippen molar-refractivity contribution in [2.24, 2.45) is 0 Å². The van der Waals surface area contributed by atoms with Gasteiger partial charge < -0.3 is 5.73 Å². The maximum absolute atomic E-state index is 10.3. The van der Waals surface area contributed by atoms with Crippen LogP contribution in [0.25, 0.3) is 0 Å². The van der Waals surface area contributed by atoms with E-state index >= 15 is 0 Å². The summed E-state index contributed by atoms with van der Waals surface area (Å²) in [6, 6.07) is 2.57. The van der Waals surface area contributed by atoms with Crippen molar-refractivity contribution in [1.29, 1.82) is 0 Å². The highest BCUT2D eigenvalue weighted by molar-refractivity contribution is 6.32. The second-order valence-electron chi connectivity index (χ2n) is 2.38. The summed E-state index contributed by atoms with van der Waals surface area (Å²) in [4.78, 5) is 9.78. The summed E-state index contributed by atoms with van der Waals surface area (Å²) in [5.41, 5.74) is 7.90. The molecule has 1 aromatic carbocycles. The Labute approximate surface area is 74.1 Å². The molecule has 0 unspecified atom stereocenters. The lowest BCUT2D eigenvalue weighted by Gasteiger charge is -1.99. The minimum absolute atomic E-state index is 0.00981. The van der Waals surface area contributed by atoms with Gasteiger partial charge in [-0.25, -0.2) is 0 Å². The van der Waals surface area contributed by atoms with E-state index in [1.165, 1.54) is 12.1 Å². The topological polar surface area (TPSA) is 66.9 Å². The van der Waals surface area contributed by atoms with Crippen molar-refractivity contribution in [1.82, 2.24) is 5.73 Å². The molecule has 1 rings (SSSR count). The molecule has 63 valence electrons. The quantitative estimate of drug-likeness (QED) is 0.498. The van der Waals surface area contributed by atoms with E-state index in [0.717, 1.165) is 0 Å². The van der Waals surface area contributed by atoms with E-state index in [4.69, 9.17) is 17.3 Å². The van der Waals surface area contributed by atoms with Crippen LogP contribution in [0.15, 0.2) is 12.1 Å². The molecule has 0 amide bonds. The van der Waals surface area contributed by atoms with Gasteiger partial charge >= 0.3 is 0 Å². The molecule has 0 atom stereocenters. The van der Waals surface area contributed by atoms with E-state index in [1.807, 2.05) is 0 Å². The van der Waals surface area contributed by atoms with Crippen molar-refractivity contribution < 1.29 is 4.92 Å². The molecule has 0 fully saturated rings. The monoisotopic (exact) mass is 185 g/mol. The molecule has 0 saturated heterocycles. The summed E-state index contributed by atoms with van der Waals surface area (Å²) in [5, 5.41) is 10.4. The van der Waals surface area contributed by atoms with Gasteiger partial charge in [0.25, 0.3) is 5.69 Å². The summed E-state index contributed by atoms with van der Waals surface area (Å²) in [6.07, 6.45) is 0. The van der Waals surface area contributed by atoms with Crippen molar-refractivity contribution in [3.63, 3.8) is 0 Å². The predicted molar refractivity (Wildman–Crippen MR) is 45.6 cm³/mol. The first-order chi connectivity index (χ1) is 5.52. The molecule has 0 aliphatic heterocycles. The molecule has 12 heavy (non-hydrogen) atoms. The third-order valence-corrected chi connectivity index (χ3v) is 1.79. The number of nitrogens with zero attached hydrogens (tertiary/aromatic N) is 1. The largest absolute Gasteiger partial charge is 0.301 e. The lowest BCUT2D eigenvalue weighted by molar-refractivity contribution is -0.384. The molecule has 1 radical (unpaired) electrons. The van der Waals surface area contributed by atoms with Gasteiger partial charge in [0, 0.05) is 6.07 Å². The third-order valence-electron chi connectivity index (χ3n) is 1.49. The zero-order chi connectivity index (χ0) is 9.30. The summed E-state index contributed by atoms with van der Waals surface area (Å²) >= 11 is 5.53. The van der Waals surface area contributed by atoms with Gasteiger partial charge in [-0.3, -0.25) is 10.1 Å². The number of aryl methyl sites for hydroxylation is 1. The molecule has 0 heterocycles. The van der Waals surface area contributed by atoms with E-state index in [9.17, 15) is 10.1 Å². The molecular formula is C7H6ClN2O2. The lowest BCUT2D eigenvalue weighted by atomic mass is 10.2. The molecule has 1 aromatic rings. The number of hydrogen-bond acceptors (Lipinski definition) is 2. The first-order valence-corrected chi connectivity index (χ1v) is 3.56. The van der Waals surface area contributed by atoms with Crippen LogP contribution in [0.3, 0.4) is 0 Å². The van der Waals surface area contributed by atoms with Crippen molar-refractivity contribution in [3.05, 3.63) is 32.8 Å². The van der Waals surface area contributed by atoms with Crippen molar-refractivity contribution in [2.75, 3.05) is 0 Å². The molecule has 0 aliphatic rings. The number of rotatable bonds is 1. The number of halogens is 1. The van der Waals surface area contributed by atoms with E-state index in [-0.39, 0.29) is 16.4 Å². The molecule has 0 saturated carbocycles.